The number of benzene rings is 1. The molecule has 1 N–H and O–H groups in total. The summed E-state index contributed by atoms with van der Waals surface area (Å²) in [6.07, 6.45) is 5.60. The summed E-state index contributed by atoms with van der Waals surface area (Å²) < 4.78 is 7.68. The molecule has 96 valence electrons. The molecule has 4 heteroatoms. The highest BCUT2D eigenvalue weighted by molar-refractivity contribution is 5.20. The van der Waals surface area contributed by atoms with Gasteiger partial charge in [0.25, 0.3) is 0 Å². The topological polar surface area (TPSA) is 39.1 Å². The summed E-state index contributed by atoms with van der Waals surface area (Å²) in [5.74, 6) is 0.918. The van der Waals surface area contributed by atoms with Crippen molar-refractivity contribution in [1.29, 1.82) is 0 Å². The molecule has 0 spiro atoms. The number of aromatic nitrogens is 2. The lowest BCUT2D eigenvalue weighted by molar-refractivity contribution is 0.303. The van der Waals surface area contributed by atoms with Gasteiger partial charge in [0.05, 0.1) is 6.33 Å². The number of para-hydroxylation sites is 1. The molecule has 0 bridgehead atoms. The van der Waals surface area contributed by atoms with Gasteiger partial charge in [-0.3, -0.25) is 0 Å². The number of ether oxygens (including phenoxy) is 1. The fourth-order valence-corrected chi connectivity index (χ4v) is 1.77. The van der Waals surface area contributed by atoms with Crippen molar-refractivity contribution >= 4 is 0 Å². The molecule has 2 aromatic rings. The lowest BCUT2D eigenvalue weighted by Crippen LogP contribution is -2.33. The van der Waals surface area contributed by atoms with Crippen LogP contribution in [-0.4, -0.2) is 28.7 Å². The van der Waals surface area contributed by atoms with E-state index in [-0.39, 0.29) is 0 Å². The molecule has 0 fully saturated rings. The van der Waals surface area contributed by atoms with Gasteiger partial charge >= 0.3 is 0 Å². The Bertz CT molecular complexity index is 428. The zero-order valence-electron chi connectivity index (χ0n) is 10.6. The van der Waals surface area contributed by atoms with E-state index >= 15 is 0 Å². The first kappa shape index (κ1) is 12.6. The first-order chi connectivity index (χ1) is 8.84. The summed E-state index contributed by atoms with van der Waals surface area (Å²) >= 11 is 0. The molecule has 0 aliphatic carbocycles. The number of imidazole rings is 1. The minimum Gasteiger partial charge on any atom is -0.492 e. The Labute approximate surface area is 108 Å². The number of nitrogens with zero attached hydrogens (tertiary/aromatic N) is 2. The van der Waals surface area contributed by atoms with Crippen molar-refractivity contribution in [2.75, 3.05) is 13.2 Å². The smallest absolute Gasteiger partial charge is 0.119 e. The zero-order valence-corrected chi connectivity index (χ0v) is 10.6. The highest BCUT2D eigenvalue weighted by Gasteiger charge is 2.01. The summed E-state index contributed by atoms with van der Waals surface area (Å²) in [7, 11) is 0. The molecule has 1 atom stereocenters. The third kappa shape index (κ3) is 4.22. The van der Waals surface area contributed by atoms with Crippen LogP contribution in [0.1, 0.15) is 6.92 Å². The number of nitrogens with one attached hydrogen (secondary N) is 1. The average Bonchev–Trinajstić information content (AvgIpc) is 2.89. The SMILES string of the molecule is CC(Cn1ccnc1)NCCOc1ccccc1. The highest BCUT2D eigenvalue weighted by atomic mass is 16.5. The van der Waals surface area contributed by atoms with Crippen LogP contribution in [0.15, 0.2) is 49.1 Å². The van der Waals surface area contributed by atoms with Crippen LogP contribution in [0.2, 0.25) is 0 Å². The van der Waals surface area contributed by atoms with E-state index in [1.54, 1.807) is 6.20 Å². The molecule has 1 aromatic heterocycles. The normalized spacial score (nSPS) is 12.3. The van der Waals surface area contributed by atoms with Crippen molar-refractivity contribution in [3.8, 4) is 5.75 Å². The van der Waals surface area contributed by atoms with Gasteiger partial charge in [0, 0.05) is 31.5 Å². The molecule has 0 radical (unpaired) electrons. The predicted molar refractivity (Wildman–Crippen MR) is 71.6 cm³/mol. The van der Waals surface area contributed by atoms with Crippen molar-refractivity contribution in [2.45, 2.75) is 19.5 Å². The zero-order chi connectivity index (χ0) is 12.6. The van der Waals surface area contributed by atoms with Crippen molar-refractivity contribution in [3.05, 3.63) is 49.1 Å². The number of rotatable bonds is 7. The first-order valence-electron chi connectivity index (χ1n) is 6.21. The van der Waals surface area contributed by atoms with Gasteiger partial charge in [-0.05, 0) is 19.1 Å². The molecule has 1 aromatic carbocycles. The van der Waals surface area contributed by atoms with Crippen LogP contribution >= 0.6 is 0 Å². The van der Waals surface area contributed by atoms with Gasteiger partial charge < -0.3 is 14.6 Å². The van der Waals surface area contributed by atoms with Gasteiger partial charge in [-0.1, -0.05) is 18.2 Å². The molecule has 0 saturated heterocycles. The molecule has 0 aliphatic rings. The van der Waals surface area contributed by atoms with Crippen molar-refractivity contribution in [3.63, 3.8) is 0 Å². The molecule has 1 unspecified atom stereocenters. The van der Waals surface area contributed by atoms with Gasteiger partial charge in [0.15, 0.2) is 0 Å². The van der Waals surface area contributed by atoms with E-state index in [0.717, 1.165) is 18.8 Å². The lowest BCUT2D eigenvalue weighted by Gasteiger charge is -2.14. The maximum absolute atomic E-state index is 5.61. The maximum atomic E-state index is 5.61. The molecule has 18 heavy (non-hydrogen) atoms. The molecular formula is C14H19N3O. The highest BCUT2D eigenvalue weighted by Crippen LogP contribution is 2.07. The van der Waals surface area contributed by atoms with Crippen LogP contribution < -0.4 is 10.1 Å². The van der Waals surface area contributed by atoms with E-state index < -0.39 is 0 Å². The van der Waals surface area contributed by atoms with E-state index in [1.807, 2.05) is 42.9 Å². The standard InChI is InChI=1S/C14H19N3O/c1-13(11-17-9-7-15-12-17)16-8-10-18-14-5-3-2-4-6-14/h2-7,9,12-13,16H,8,10-11H2,1H3. The second-order valence-electron chi connectivity index (χ2n) is 4.28. The fraction of sp³-hybridized carbons (Fsp3) is 0.357. The van der Waals surface area contributed by atoms with Gasteiger partial charge in [-0.15, -0.1) is 0 Å². The van der Waals surface area contributed by atoms with E-state index in [2.05, 4.69) is 21.8 Å². The lowest BCUT2D eigenvalue weighted by atomic mass is 10.3. The van der Waals surface area contributed by atoms with Crippen LogP contribution in [0.4, 0.5) is 0 Å². The maximum Gasteiger partial charge on any atom is 0.119 e. The molecule has 1 heterocycles. The predicted octanol–water partition coefficient (Wildman–Crippen LogP) is 1.94. The van der Waals surface area contributed by atoms with Crippen LogP contribution in [0, 0.1) is 0 Å². The minimum absolute atomic E-state index is 0.401. The molecule has 4 nitrogen and oxygen atoms in total. The van der Waals surface area contributed by atoms with E-state index in [9.17, 15) is 0 Å². The summed E-state index contributed by atoms with van der Waals surface area (Å²) in [4.78, 5) is 4.02. The minimum atomic E-state index is 0.401. The Kier molecular flexibility index (Phi) is 4.78. The Hall–Kier alpha value is -1.81. The monoisotopic (exact) mass is 245 g/mol. The molecule has 2 rings (SSSR count). The van der Waals surface area contributed by atoms with Crippen molar-refractivity contribution in [2.24, 2.45) is 0 Å². The molecule has 0 aliphatic heterocycles. The van der Waals surface area contributed by atoms with Crippen LogP contribution in [0.25, 0.3) is 0 Å². The van der Waals surface area contributed by atoms with E-state index in [0.29, 0.717) is 12.6 Å². The number of hydrogen-bond acceptors (Lipinski definition) is 3. The summed E-state index contributed by atoms with van der Waals surface area (Å²) in [6.45, 7) is 4.59. The van der Waals surface area contributed by atoms with Crippen LogP contribution in [0.5, 0.6) is 5.75 Å². The third-order valence-electron chi connectivity index (χ3n) is 2.65. The Morgan fingerprint density at radius 2 is 2.17 bits per heavy atom. The Morgan fingerprint density at radius 1 is 1.33 bits per heavy atom. The van der Waals surface area contributed by atoms with Gasteiger partial charge in [-0.25, -0.2) is 4.98 Å². The quantitative estimate of drug-likeness (QED) is 0.758. The third-order valence-corrected chi connectivity index (χ3v) is 2.65. The van der Waals surface area contributed by atoms with E-state index in [4.69, 9.17) is 4.74 Å². The first-order valence-corrected chi connectivity index (χ1v) is 6.21. The van der Waals surface area contributed by atoms with Gasteiger partial charge in [0.1, 0.15) is 12.4 Å². The van der Waals surface area contributed by atoms with Gasteiger partial charge in [0.2, 0.25) is 0 Å². The number of hydrogen-bond donors (Lipinski definition) is 1. The molecule has 0 amide bonds. The largest absolute Gasteiger partial charge is 0.492 e. The Balaban J connectivity index is 1.60. The molecular weight excluding hydrogens is 226 g/mol. The van der Waals surface area contributed by atoms with Crippen molar-refractivity contribution in [1.82, 2.24) is 14.9 Å². The van der Waals surface area contributed by atoms with Crippen LogP contribution in [0.3, 0.4) is 0 Å². The average molecular weight is 245 g/mol. The Morgan fingerprint density at radius 3 is 2.89 bits per heavy atom. The van der Waals surface area contributed by atoms with E-state index in [1.165, 1.54) is 0 Å². The second kappa shape index (κ2) is 6.81. The summed E-state index contributed by atoms with van der Waals surface area (Å²) in [6, 6.07) is 10.3. The fourth-order valence-electron chi connectivity index (χ4n) is 1.77. The summed E-state index contributed by atoms with van der Waals surface area (Å²) in [5, 5.41) is 3.42. The molecule has 0 saturated carbocycles. The summed E-state index contributed by atoms with van der Waals surface area (Å²) in [5.41, 5.74) is 0. The van der Waals surface area contributed by atoms with Crippen LogP contribution in [-0.2, 0) is 6.54 Å². The van der Waals surface area contributed by atoms with Gasteiger partial charge in [-0.2, -0.15) is 0 Å². The van der Waals surface area contributed by atoms with Crippen molar-refractivity contribution < 1.29 is 4.74 Å². The second-order valence-corrected chi connectivity index (χ2v) is 4.28.